The van der Waals surface area contributed by atoms with Gasteiger partial charge in [0.25, 0.3) is 5.91 Å². The minimum atomic E-state index is -0.198. The molecule has 0 radical (unpaired) electrons. The van der Waals surface area contributed by atoms with E-state index >= 15 is 0 Å². The van der Waals surface area contributed by atoms with Crippen molar-refractivity contribution in [3.8, 4) is 0 Å². The Morgan fingerprint density at radius 1 is 1.47 bits per heavy atom. The number of hydrogen-bond donors (Lipinski definition) is 2. The lowest BCUT2D eigenvalue weighted by molar-refractivity contribution is 0.0952. The van der Waals surface area contributed by atoms with Crippen LogP contribution in [0.2, 0.25) is 5.15 Å². The van der Waals surface area contributed by atoms with E-state index in [9.17, 15) is 4.79 Å². The van der Waals surface area contributed by atoms with Crippen molar-refractivity contribution in [2.75, 3.05) is 12.3 Å². The summed E-state index contributed by atoms with van der Waals surface area (Å²) in [7, 11) is 0. The van der Waals surface area contributed by atoms with Gasteiger partial charge >= 0.3 is 0 Å². The first-order chi connectivity index (χ1) is 9.16. The number of nitrogens with zero attached hydrogens (tertiary/aromatic N) is 1. The number of nitrogens with two attached hydrogens (primary N) is 1. The highest BCUT2D eigenvalue weighted by molar-refractivity contribution is 6.32. The SMILES string of the molecule is Nc1cnc(Cl)c(C(=O)NCCCC2CCCC2)c1. The van der Waals surface area contributed by atoms with Gasteiger partial charge in [0.1, 0.15) is 5.15 Å². The Hall–Kier alpha value is -1.29. The number of pyridine rings is 1. The fourth-order valence-corrected chi connectivity index (χ4v) is 2.80. The Morgan fingerprint density at radius 2 is 2.21 bits per heavy atom. The average Bonchev–Trinajstić information content (AvgIpc) is 2.90. The highest BCUT2D eigenvalue weighted by Gasteiger charge is 2.15. The summed E-state index contributed by atoms with van der Waals surface area (Å²) in [6, 6.07) is 1.56. The van der Waals surface area contributed by atoms with Gasteiger partial charge in [-0.25, -0.2) is 4.98 Å². The summed E-state index contributed by atoms with van der Waals surface area (Å²) in [6.07, 6.45) is 9.08. The molecule has 3 N–H and O–H groups in total. The van der Waals surface area contributed by atoms with Gasteiger partial charge in [-0.3, -0.25) is 4.79 Å². The fourth-order valence-electron chi connectivity index (χ4n) is 2.61. The summed E-state index contributed by atoms with van der Waals surface area (Å²) in [4.78, 5) is 15.8. The molecule has 1 heterocycles. The molecule has 0 atom stereocenters. The number of aromatic nitrogens is 1. The summed E-state index contributed by atoms with van der Waals surface area (Å²) in [5.41, 5.74) is 6.40. The van der Waals surface area contributed by atoms with E-state index in [0.29, 0.717) is 17.8 Å². The fraction of sp³-hybridized carbons (Fsp3) is 0.571. The molecule has 1 amide bonds. The van der Waals surface area contributed by atoms with Crippen LogP contribution in [0.25, 0.3) is 0 Å². The van der Waals surface area contributed by atoms with Crippen molar-refractivity contribution in [2.24, 2.45) is 5.92 Å². The Balaban J connectivity index is 1.75. The molecule has 0 aromatic carbocycles. The third kappa shape index (κ3) is 4.10. The van der Waals surface area contributed by atoms with Crippen LogP contribution in [0, 0.1) is 5.92 Å². The van der Waals surface area contributed by atoms with E-state index in [-0.39, 0.29) is 11.1 Å². The lowest BCUT2D eigenvalue weighted by atomic mass is 10.0. The predicted octanol–water partition coefficient (Wildman–Crippen LogP) is 3.02. The van der Waals surface area contributed by atoms with Crippen LogP contribution < -0.4 is 11.1 Å². The summed E-state index contributed by atoms with van der Waals surface area (Å²) in [5.74, 6) is 0.658. The number of hydrogen-bond acceptors (Lipinski definition) is 3. The van der Waals surface area contributed by atoms with Gasteiger partial charge in [-0.1, -0.05) is 37.3 Å². The number of rotatable bonds is 5. The molecule has 0 unspecified atom stereocenters. The number of halogens is 1. The Kier molecular flexibility index (Phi) is 5.02. The maximum atomic E-state index is 11.9. The summed E-state index contributed by atoms with van der Waals surface area (Å²) in [5, 5.41) is 3.07. The van der Waals surface area contributed by atoms with E-state index in [1.807, 2.05) is 0 Å². The highest BCUT2D eigenvalue weighted by atomic mass is 35.5. The normalized spacial score (nSPS) is 15.6. The molecule has 5 heteroatoms. The number of nitrogen functional groups attached to an aromatic ring is 1. The minimum Gasteiger partial charge on any atom is -0.397 e. The molecule has 4 nitrogen and oxygen atoms in total. The molecule has 0 saturated heterocycles. The number of nitrogens with one attached hydrogen (secondary N) is 1. The van der Waals surface area contributed by atoms with Gasteiger partial charge in [-0.15, -0.1) is 0 Å². The zero-order chi connectivity index (χ0) is 13.7. The van der Waals surface area contributed by atoms with Gasteiger partial charge in [0, 0.05) is 6.54 Å². The number of carbonyl (C=O) groups is 1. The molecule has 1 aliphatic carbocycles. The molecule has 0 aliphatic heterocycles. The molecular formula is C14H20ClN3O. The van der Waals surface area contributed by atoms with Crippen LogP contribution in [0.3, 0.4) is 0 Å². The minimum absolute atomic E-state index is 0.197. The third-order valence-electron chi connectivity index (χ3n) is 3.65. The first-order valence-corrected chi connectivity index (χ1v) is 7.24. The van der Waals surface area contributed by atoms with Gasteiger partial charge in [0.05, 0.1) is 17.4 Å². The molecule has 19 heavy (non-hydrogen) atoms. The van der Waals surface area contributed by atoms with Crippen LogP contribution in [0.5, 0.6) is 0 Å². The molecule has 1 aromatic rings. The van der Waals surface area contributed by atoms with Gasteiger partial charge in [-0.05, 0) is 24.8 Å². The quantitative estimate of drug-likeness (QED) is 0.644. The van der Waals surface area contributed by atoms with Crippen LogP contribution in [0.15, 0.2) is 12.3 Å². The van der Waals surface area contributed by atoms with Crippen molar-refractivity contribution in [1.29, 1.82) is 0 Å². The topological polar surface area (TPSA) is 68.0 Å². The largest absolute Gasteiger partial charge is 0.397 e. The summed E-state index contributed by atoms with van der Waals surface area (Å²) in [6.45, 7) is 0.681. The maximum Gasteiger partial charge on any atom is 0.254 e. The highest BCUT2D eigenvalue weighted by Crippen LogP contribution is 2.28. The van der Waals surface area contributed by atoms with E-state index in [1.54, 1.807) is 6.07 Å². The zero-order valence-electron chi connectivity index (χ0n) is 11.0. The molecule has 1 aromatic heterocycles. The second kappa shape index (κ2) is 6.75. The second-order valence-electron chi connectivity index (χ2n) is 5.16. The van der Waals surface area contributed by atoms with Crippen LogP contribution in [0.1, 0.15) is 48.9 Å². The molecule has 0 bridgehead atoms. The maximum absolute atomic E-state index is 11.9. The number of carbonyl (C=O) groups excluding carboxylic acids is 1. The van der Waals surface area contributed by atoms with Gasteiger partial charge < -0.3 is 11.1 Å². The van der Waals surface area contributed by atoms with E-state index in [0.717, 1.165) is 12.3 Å². The molecule has 2 rings (SSSR count). The third-order valence-corrected chi connectivity index (χ3v) is 3.96. The van der Waals surface area contributed by atoms with Crippen molar-refractivity contribution in [1.82, 2.24) is 10.3 Å². The zero-order valence-corrected chi connectivity index (χ0v) is 11.7. The summed E-state index contributed by atoms with van der Waals surface area (Å²) >= 11 is 5.88. The van der Waals surface area contributed by atoms with Crippen LogP contribution in [-0.2, 0) is 0 Å². The Bertz CT molecular complexity index is 444. The smallest absolute Gasteiger partial charge is 0.254 e. The van der Waals surface area contributed by atoms with Crippen molar-refractivity contribution in [3.63, 3.8) is 0 Å². The first-order valence-electron chi connectivity index (χ1n) is 6.86. The van der Waals surface area contributed by atoms with Gasteiger partial charge in [-0.2, -0.15) is 0 Å². The monoisotopic (exact) mass is 281 g/mol. The van der Waals surface area contributed by atoms with Crippen LogP contribution in [0.4, 0.5) is 5.69 Å². The molecule has 1 saturated carbocycles. The molecule has 1 fully saturated rings. The van der Waals surface area contributed by atoms with Crippen molar-refractivity contribution in [3.05, 3.63) is 23.0 Å². The van der Waals surface area contributed by atoms with E-state index in [1.165, 1.54) is 38.3 Å². The van der Waals surface area contributed by atoms with Crippen molar-refractivity contribution in [2.45, 2.75) is 38.5 Å². The average molecular weight is 282 g/mol. The molecular weight excluding hydrogens is 262 g/mol. The predicted molar refractivity (Wildman–Crippen MR) is 77.2 cm³/mol. The Labute approximate surface area is 118 Å². The standard InChI is InChI=1S/C14H20ClN3O/c15-13-12(8-11(16)9-18-13)14(19)17-7-3-6-10-4-1-2-5-10/h8-10H,1-7,16H2,(H,17,19). The van der Waals surface area contributed by atoms with Gasteiger partial charge in [0.2, 0.25) is 0 Å². The van der Waals surface area contributed by atoms with Gasteiger partial charge in [0.15, 0.2) is 0 Å². The molecule has 1 aliphatic rings. The van der Waals surface area contributed by atoms with Crippen LogP contribution >= 0.6 is 11.6 Å². The molecule has 0 spiro atoms. The van der Waals surface area contributed by atoms with Crippen molar-refractivity contribution < 1.29 is 4.79 Å². The lowest BCUT2D eigenvalue weighted by Crippen LogP contribution is -2.25. The van der Waals surface area contributed by atoms with Crippen molar-refractivity contribution >= 4 is 23.2 Å². The van der Waals surface area contributed by atoms with E-state index in [2.05, 4.69) is 10.3 Å². The number of anilines is 1. The summed E-state index contributed by atoms with van der Waals surface area (Å²) < 4.78 is 0. The lowest BCUT2D eigenvalue weighted by Gasteiger charge is -2.10. The number of amides is 1. The van der Waals surface area contributed by atoms with E-state index < -0.39 is 0 Å². The second-order valence-corrected chi connectivity index (χ2v) is 5.51. The van der Waals surface area contributed by atoms with E-state index in [4.69, 9.17) is 17.3 Å². The first kappa shape index (κ1) is 14.1. The Morgan fingerprint density at radius 3 is 2.95 bits per heavy atom. The molecule has 104 valence electrons. The van der Waals surface area contributed by atoms with Crippen LogP contribution in [-0.4, -0.2) is 17.4 Å².